The summed E-state index contributed by atoms with van der Waals surface area (Å²) in [4.78, 5) is 25.2. The van der Waals surface area contributed by atoms with Crippen LogP contribution >= 0.6 is 0 Å². The van der Waals surface area contributed by atoms with Crippen molar-refractivity contribution in [2.75, 3.05) is 11.9 Å². The molecule has 1 aromatic heterocycles. The maximum absolute atomic E-state index is 12.7. The van der Waals surface area contributed by atoms with Crippen LogP contribution in [0.25, 0.3) is 22.3 Å². The summed E-state index contributed by atoms with van der Waals surface area (Å²) in [7, 11) is 0. The summed E-state index contributed by atoms with van der Waals surface area (Å²) < 4.78 is 11.7. The zero-order valence-corrected chi connectivity index (χ0v) is 19.6. The van der Waals surface area contributed by atoms with Crippen molar-refractivity contribution in [1.29, 1.82) is 0 Å². The van der Waals surface area contributed by atoms with Crippen molar-refractivity contribution in [1.82, 2.24) is 0 Å². The molecule has 0 aliphatic carbocycles. The van der Waals surface area contributed by atoms with Crippen molar-refractivity contribution in [3.05, 3.63) is 94.1 Å². The molecular formula is C29H29NO4. The molecule has 1 amide bonds. The highest BCUT2D eigenvalue weighted by Gasteiger charge is 2.10. The fourth-order valence-corrected chi connectivity index (χ4v) is 3.75. The number of benzene rings is 3. The predicted octanol–water partition coefficient (Wildman–Crippen LogP) is 6.98. The molecule has 5 nitrogen and oxygen atoms in total. The second-order valence-corrected chi connectivity index (χ2v) is 8.44. The van der Waals surface area contributed by atoms with E-state index in [1.54, 1.807) is 30.3 Å². The van der Waals surface area contributed by atoms with E-state index >= 15 is 0 Å². The zero-order valence-electron chi connectivity index (χ0n) is 19.6. The highest BCUT2D eigenvalue weighted by Crippen LogP contribution is 2.24. The van der Waals surface area contributed by atoms with Gasteiger partial charge in [0.25, 0.3) is 5.91 Å². The smallest absolute Gasteiger partial charge is 0.255 e. The lowest BCUT2D eigenvalue weighted by molar-refractivity contribution is 0.102. The van der Waals surface area contributed by atoms with Gasteiger partial charge in [0.05, 0.1) is 12.0 Å². The monoisotopic (exact) mass is 455 g/mol. The van der Waals surface area contributed by atoms with E-state index in [-0.39, 0.29) is 11.3 Å². The van der Waals surface area contributed by atoms with E-state index in [1.807, 2.05) is 43.3 Å². The van der Waals surface area contributed by atoms with Gasteiger partial charge in [0.1, 0.15) is 17.1 Å². The van der Waals surface area contributed by atoms with E-state index in [9.17, 15) is 9.59 Å². The van der Waals surface area contributed by atoms with E-state index in [0.29, 0.717) is 34.6 Å². The Balaban J connectivity index is 1.39. The lowest BCUT2D eigenvalue weighted by Gasteiger charge is -2.09. The van der Waals surface area contributed by atoms with E-state index in [0.717, 1.165) is 23.3 Å². The molecule has 3 aromatic carbocycles. The minimum Gasteiger partial charge on any atom is -0.494 e. The number of carbonyl (C=O) groups is 1. The summed E-state index contributed by atoms with van der Waals surface area (Å²) in [6.07, 6.45) is 4.66. The third-order valence-corrected chi connectivity index (χ3v) is 5.69. The highest BCUT2D eigenvalue weighted by atomic mass is 16.5. The first kappa shape index (κ1) is 23.3. The number of anilines is 1. The number of hydrogen-bond acceptors (Lipinski definition) is 4. The van der Waals surface area contributed by atoms with Gasteiger partial charge in [-0.3, -0.25) is 9.59 Å². The van der Waals surface area contributed by atoms with Gasteiger partial charge in [0.2, 0.25) is 0 Å². The lowest BCUT2D eigenvalue weighted by atomic mass is 10.1. The maximum atomic E-state index is 12.7. The molecule has 1 heterocycles. The molecule has 174 valence electrons. The molecule has 34 heavy (non-hydrogen) atoms. The Morgan fingerprint density at radius 2 is 1.68 bits per heavy atom. The number of nitrogens with one attached hydrogen (secondary N) is 1. The molecule has 0 radical (unpaired) electrons. The number of unbranched alkanes of at least 4 members (excludes halogenated alkanes) is 3. The fraction of sp³-hybridized carbons (Fsp3) is 0.241. The topological polar surface area (TPSA) is 68.5 Å². The Hall–Kier alpha value is -3.86. The zero-order chi connectivity index (χ0) is 23.9. The molecule has 5 heteroatoms. The van der Waals surface area contributed by atoms with E-state index in [2.05, 4.69) is 12.2 Å². The van der Waals surface area contributed by atoms with E-state index in [4.69, 9.17) is 9.15 Å². The third-order valence-electron chi connectivity index (χ3n) is 5.69. The summed E-state index contributed by atoms with van der Waals surface area (Å²) >= 11 is 0. The van der Waals surface area contributed by atoms with Crippen LogP contribution in [0.1, 0.15) is 48.5 Å². The van der Waals surface area contributed by atoms with Gasteiger partial charge in [-0.15, -0.1) is 0 Å². The molecule has 0 atom stereocenters. The van der Waals surface area contributed by atoms with Gasteiger partial charge < -0.3 is 14.5 Å². The Morgan fingerprint density at radius 3 is 2.41 bits per heavy atom. The van der Waals surface area contributed by atoms with Gasteiger partial charge in [-0.05, 0) is 61.9 Å². The second kappa shape index (κ2) is 10.8. The number of carbonyl (C=O) groups excluding carboxylic acids is 1. The van der Waals surface area contributed by atoms with Crippen LogP contribution in [0.15, 0.2) is 82.0 Å². The number of rotatable bonds is 9. The first-order valence-electron chi connectivity index (χ1n) is 11.7. The quantitative estimate of drug-likeness (QED) is 0.276. The summed E-state index contributed by atoms with van der Waals surface area (Å²) in [5.74, 6) is 1.06. The van der Waals surface area contributed by atoms with Gasteiger partial charge in [-0.25, -0.2) is 0 Å². The molecule has 1 N–H and O–H groups in total. The maximum Gasteiger partial charge on any atom is 0.255 e. The number of amides is 1. The summed E-state index contributed by atoms with van der Waals surface area (Å²) in [6, 6.07) is 21.4. The number of ether oxygens (including phenoxy) is 1. The van der Waals surface area contributed by atoms with Gasteiger partial charge in [-0.1, -0.05) is 49.9 Å². The van der Waals surface area contributed by atoms with Crippen LogP contribution in [0.2, 0.25) is 0 Å². The standard InChI is InChI=1S/C29H29NO4/c1-3-4-5-6-17-33-24-14-12-23(13-15-24)30-29(32)22-10-8-21(9-11-22)28-19-26(31)25-18-20(2)7-16-27(25)34-28/h7-16,18-19H,3-6,17H2,1-2H3,(H,30,32). The molecule has 4 rings (SSSR count). The van der Waals surface area contributed by atoms with Crippen molar-refractivity contribution in [2.24, 2.45) is 0 Å². The highest BCUT2D eigenvalue weighted by molar-refractivity contribution is 6.04. The largest absolute Gasteiger partial charge is 0.494 e. The molecule has 4 aromatic rings. The molecule has 0 spiro atoms. The summed E-state index contributed by atoms with van der Waals surface area (Å²) in [6.45, 7) is 4.83. The van der Waals surface area contributed by atoms with Crippen LogP contribution < -0.4 is 15.5 Å². The number of fused-ring (bicyclic) bond motifs is 1. The molecule has 0 unspecified atom stereocenters. The van der Waals surface area contributed by atoms with Crippen molar-refractivity contribution in [3.63, 3.8) is 0 Å². The minimum atomic E-state index is -0.213. The fourth-order valence-electron chi connectivity index (χ4n) is 3.75. The Kier molecular flexibility index (Phi) is 7.43. The van der Waals surface area contributed by atoms with Crippen molar-refractivity contribution < 1.29 is 13.9 Å². The van der Waals surface area contributed by atoms with Crippen LogP contribution in [0.3, 0.4) is 0 Å². The summed E-state index contributed by atoms with van der Waals surface area (Å²) in [5, 5.41) is 3.46. The first-order chi connectivity index (χ1) is 16.5. The average Bonchev–Trinajstić information content (AvgIpc) is 2.85. The molecule has 0 saturated carbocycles. The van der Waals surface area contributed by atoms with Gasteiger partial charge in [-0.2, -0.15) is 0 Å². The minimum absolute atomic E-state index is 0.0878. The first-order valence-corrected chi connectivity index (χ1v) is 11.7. The van der Waals surface area contributed by atoms with Crippen LogP contribution in [0.5, 0.6) is 5.75 Å². The second-order valence-electron chi connectivity index (χ2n) is 8.44. The van der Waals surface area contributed by atoms with Gasteiger partial charge in [0.15, 0.2) is 5.43 Å². The van der Waals surface area contributed by atoms with Crippen LogP contribution in [-0.4, -0.2) is 12.5 Å². The van der Waals surface area contributed by atoms with Crippen molar-refractivity contribution >= 4 is 22.6 Å². The third kappa shape index (κ3) is 5.73. The van der Waals surface area contributed by atoms with E-state index < -0.39 is 0 Å². The predicted molar refractivity (Wildman–Crippen MR) is 137 cm³/mol. The number of aryl methyl sites for hydroxylation is 1. The molecule has 0 aliphatic heterocycles. The molecule has 0 fully saturated rings. The molecule has 0 saturated heterocycles. The lowest BCUT2D eigenvalue weighted by Crippen LogP contribution is -2.11. The van der Waals surface area contributed by atoms with Crippen LogP contribution in [-0.2, 0) is 0 Å². The number of hydrogen-bond donors (Lipinski definition) is 1. The van der Waals surface area contributed by atoms with E-state index in [1.165, 1.54) is 25.3 Å². The van der Waals surface area contributed by atoms with Crippen LogP contribution in [0, 0.1) is 6.92 Å². The van der Waals surface area contributed by atoms with Gasteiger partial charge in [0, 0.05) is 22.9 Å². The van der Waals surface area contributed by atoms with Gasteiger partial charge >= 0.3 is 0 Å². The Bertz CT molecular complexity index is 1320. The Morgan fingerprint density at radius 1 is 0.912 bits per heavy atom. The average molecular weight is 456 g/mol. The SMILES string of the molecule is CCCCCCOc1ccc(NC(=O)c2ccc(-c3cc(=O)c4cc(C)ccc4o3)cc2)cc1. The van der Waals surface area contributed by atoms with Crippen molar-refractivity contribution in [2.45, 2.75) is 39.5 Å². The summed E-state index contributed by atoms with van der Waals surface area (Å²) in [5.41, 5.74) is 3.41. The normalized spacial score (nSPS) is 10.9. The molecule has 0 bridgehead atoms. The van der Waals surface area contributed by atoms with Crippen molar-refractivity contribution in [3.8, 4) is 17.1 Å². The Labute approximate surface area is 199 Å². The molecule has 0 aliphatic rings. The van der Waals surface area contributed by atoms with Crippen LogP contribution in [0.4, 0.5) is 5.69 Å². The molecular weight excluding hydrogens is 426 g/mol.